The van der Waals surface area contributed by atoms with Crippen molar-refractivity contribution in [3.8, 4) is 0 Å². The van der Waals surface area contributed by atoms with E-state index in [0.29, 0.717) is 5.82 Å². The van der Waals surface area contributed by atoms with Crippen LogP contribution in [0.25, 0.3) is 0 Å². The number of aromatic nitrogens is 1. The predicted molar refractivity (Wildman–Crippen MR) is 29.7 cm³/mol. The van der Waals surface area contributed by atoms with Crippen LogP contribution in [-0.2, 0) is 0 Å². The minimum absolute atomic E-state index is 0.322. The third-order valence-electron chi connectivity index (χ3n) is 0.689. The van der Waals surface area contributed by atoms with Crippen molar-refractivity contribution in [2.75, 3.05) is 5.32 Å². The summed E-state index contributed by atoms with van der Waals surface area (Å²) in [4.78, 5) is 10.1. The van der Waals surface area contributed by atoms with E-state index in [0.717, 1.165) is 0 Å². The molecule has 0 saturated carbocycles. The van der Waals surface area contributed by atoms with Crippen molar-refractivity contribution < 1.29 is 9.32 Å². The van der Waals surface area contributed by atoms with Crippen LogP contribution < -0.4 is 11.1 Å². The summed E-state index contributed by atoms with van der Waals surface area (Å²) in [5.74, 6) is 0.322. The molecule has 9 heavy (non-hydrogen) atoms. The molecule has 48 valence electrons. The Kier molecular flexibility index (Phi) is 1.35. The monoisotopic (exact) mass is 127 g/mol. The van der Waals surface area contributed by atoms with E-state index in [1.165, 1.54) is 12.3 Å². The Morgan fingerprint density at radius 1 is 1.89 bits per heavy atom. The lowest BCUT2D eigenvalue weighted by molar-refractivity contribution is 0.259. The first kappa shape index (κ1) is 5.61. The zero-order chi connectivity index (χ0) is 6.69. The third-order valence-corrected chi connectivity index (χ3v) is 0.689. The lowest BCUT2D eigenvalue weighted by Crippen LogP contribution is -2.19. The van der Waals surface area contributed by atoms with E-state index in [9.17, 15) is 4.79 Å². The van der Waals surface area contributed by atoms with E-state index in [4.69, 9.17) is 5.73 Å². The van der Waals surface area contributed by atoms with Gasteiger partial charge in [-0.15, -0.1) is 0 Å². The molecule has 0 radical (unpaired) electrons. The molecule has 1 rings (SSSR count). The van der Waals surface area contributed by atoms with Gasteiger partial charge in [0.2, 0.25) is 0 Å². The number of carbonyl (C=O) groups excluding carboxylic acids is 1. The Balaban J connectivity index is 2.58. The van der Waals surface area contributed by atoms with Crippen molar-refractivity contribution in [1.82, 2.24) is 5.16 Å². The minimum atomic E-state index is -0.649. The number of hydrogen-bond donors (Lipinski definition) is 2. The molecule has 5 nitrogen and oxygen atoms in total. The Morgan fingerprint density at radius 3 is 3.11 bits per heavy atom. The fourth-order valence-electron chi connectivity index (χ4n) is 0.403. The second-order valence-corrected chi connectivity index (χ2v) is 1.37. The molecule has 0 aromatic carbocycles. The SMILES string of the molecule is NC(=O)Nc1ccon1. The van der Waals surface area contributed by atoms with Crippen LogP contribution in [0.5, 0.6) is 0 Å². The van der Waals surface area contributed by atoms with Gasteiger partial charge in [-0.1, -0.05) is 5.16 Å². The van der Waals surface area contributed by atoms with Crippen LogP contribution in [0.4, 0.5) is 10.6 Å². The summed E-state index contributed by atoms with van der Waals surface area (Å²) in [6.07, 6.45) is 1.34. The molecular weight excluding hydrogens is 122 g/mol. The number of carbonyl (C=O) groups is 1. The summed E-state index contributed by atoms with van der Waals surface area (Å²) in [5.41, 5.74) is 4.75. The summed E-state index contributed by atoms with van der Waals surface area (Å²) in [6, 6.07) is 0.842. The highest BCUT2D eigenvalue weighted by Crippen LogP contribution is 1.98. The van der Waals surface area contributed by atoms with Gasteiger partial charge in [0.05, 0.1) is 0 Å². The van der Waals surface area contributed by atoms with Gasteiger partial charge in [0.1, 0.15) is 6.26 Å². The predicted octanol–water partition coefficient (Wildman–Crippen LogP) is 0.165. The van der Waals surface area contributed by atoms with Crippen LogP contribution in [0.2, 0.25) is 0 Å². The first-order valence-corrected chi connectivity index (χ1v) is 2.26. The molecule has 1 aromatic rings. The number of rotatable bonds is 1. The lowest BCUT2D eigenvalue weighted by atomic mass is 10.6. The van der Waals surface area contributed by atoms with Gasteiger partial charge in [0, 0.05) is 6.07 Å². The van der Waals surface area contributed by atoms with Crippen molar-refractivity contribution >= 4 is 11.8 Å². The largest absolute Gasteiger partial charge is 0.363 e. The normalized spacial score (nSPS) is 8.89. The summed E-state index contributed by atoms with van der Waals surface area (Å²) in [5, 5.41) is 5.59. The van der Waals surface area contributed by atoms with Gasteiger partial charge < -0.3 is 10.3 Å². The number of nitrogens with two attached hydrogens (primary N) is 1. The number of amides is 2. The second-order valence-electron chi connectivity index (χ2n) is 1.37. The van der Waals surface area contributed by atoms with E-state index in [1.54, 1.807) is 0 Å². The Bertz CT molecular complexity index is 194. The van der Waals surface area contributed by atoms with E-state index in [-0.39, 0.29) is 0 Å². The van der Waals surface area contributed by atoms with Crippen LogP contribution in [0.15, 0.2) is 16.9 Å². The third kappa shape index (κ3) is 1.45. The van der Waals surface area contributed by atoms with Crippen LogP contribution >= 0.6 is 0 Å². The number of primary amides is 1. The van der Waals surface area contributed by atoms with Gasteiger partial charge in [0.25, 0.3) is 0 Å². The average Bonchev–Trinajstić information content (AvgIpc) is 2.15. The average molecular weight is 127 g/mol. The zero-order valence-electron chi connectivity index (χ0n) is 4.50. The molecule has 5 heteroatoms. The zero-order valence-corrected chi connectivity index (χ0v) is 4.50. The second kappa shape index (κ2) is 2.17. The van der Waals surface area contributed by atoms with Gasteiger partial charge in [0.15, 0.2) is 5.82 Å². The van der Waals surface area contributed by atoms with Crippen LogP contribution in [0.1, 0.15) is 0 Å². The maximum atomic E-state index is 10.1. The first-order chi connectivity index (χ1) is 4.29. The van der Waals surface area contributed by atoms with Gasteiger partial charge in [-0.3, -0.25) is 5.32 Å². The molecule has 1 aromatic heterocycles. The van der Waals surface area contributed by atoms with Crippen molar-refractivity contribution in [3.05, 3.63) is 12.3 Å². The van der Waals surface area contributed by atoms with Crippen molar-refractivity contribution in [1.29, 1.82) is 0 Å². The molecule has 1 heterocycles. The van der Waals surface area contributed by atoms with Crippen molar-refractivity contribution in [2.45, 2.75) is 0 Å². The number of hydrogen-bond acceptors (Lipinski definition) is 3. The molecule has 0 aliphatic carbocycles. The minimum Gasteiger partial charge on any atom is -0.363 e. The van der Waals surface area contributed by atoms with Crippen LogP contribution in [0.3, 0.4) is 0 Å². The maximum Gasteiger partial charge on any atom is 0.317 e. The number of anilines is 1. The number of nitrogens with one attached hydrogen (secondary N) is 1. The fourth-order valence-corrected chi connectivity index (χ4v) is 0.403. The smallest absolute Gasteiger partial charge is 0.317 e. The topological polar surface area (TPSA) is 81.2 Å². The quantitative estimate of drug-likeness (QED) is 0.564. The molecule has 3 N–H and O–H groups in total. The summed E-state index contributed by atoms with van der Waals surface area (Å²) in [6.45, 7) is 0. The van der Waals surface area contributed by atoms with Crippen molar-refractivity contribution in [3.63, 3.8) is 0 Å². The van der Waals surface area contributed by atoms with Crippen LogP contribution in [-0.4, -0.2) is 11.2 Å². The molecule has 0 saturated heterocycles. The summed E-state index contributed by atoms with van der Waals surface area (Å²) < 4.78 is 4.40. The molecule has 0 aliphatic heterocycles. The van der Waals surface area contributed by atoms with E-state index in [1.807, 2.05) is 0 Å². The highest BCUT2D eigenvalue weighted by molar-refractivity contribution is 5.86. The van der Waals surface area contributed by atoms with Gasteiger partial charge >= 0.3 is 6.03 Å². The molecule has 0 aliphatic rings. The first-order valence-electron chi connectivity index (χ1n) is 2.26. The van der Waals surface area contributed by atoms with Gasteiger partial charge in [-0.2, -0.15) is 0 Å². The fraction of sp³-hybridized carbons (Fsp3) is 0. The van der Waals surface area contributed by atoms with Gasteiger partial charge in [-0.25, -0.2) is 4.79 Å². The summed E-state index contributed by atoms with van der Waals surface area (Å²) in [7, 11) is 0. The van der Waals surface area contributed by atoms with E-state index < -0.39 is 6.03 Å². The molecule has 0 unspecified atom stereocenters. The molecular formula is C4H5N3O2. The highest BCUT2D eigenvalue weighted by Gasteiger charge is 1.95. The standard InChI is InChI=1S/C4H5N3O2/c5-4(8)6-3-1-2-9-7-3/h1-2H,(H3,5,6,7,8). The van der Waals surface area contributed by atoms with Crippen molar-refractivity contribution in [2.24, 2.45) is 5.73 Å². The molecule has 2 amide bonds. The molecule has 0 bridgehead atoms. The van der Waals surface area contributed by atoms with Crippen LogP contribution in [0, 0.1) is 0 Å². The Hall–Kier alpha value is -1.52. The Labute approximate surface area is 50.8 Å². The van der Waals surface area contributed by atoms with E-state index >= 15 is 0 Å². The lowest BCUT2D eigenvalue weighted by Gasteiger charge is -1.89. The Morgan fingerprint density at radius 2 is 2.67 bits per heavy atom. The molecule has 0 fully saturated rings. The molecule has 0 spiro atoms. The van der Waals surface area contributed by atoms with E-state index in [2.05, 4.69) is 15.0 Å². The highest BCUT2D eigenvalue weighted by atomic mass is 16.5. The maximum absolute atomic E-state index is 10.1. The van der Waals surface area contributed by atoms with Gasteiger partial charge in [-0.05, 0) is 0 Å². The summed E-state index contributed by atoms with van der Waals surface area (Å²) >= 11 is 0. The number of nitrogens with zero attached hydrogens (tertiary/aromatic N) is 1. The number of urea groups is 1. The molecule has 0 atom stereocenters.